The van der Waals surface area contributed by atoms with E-state index in [0.29, 0.717) is 22.6 Å². The fourth-order valence-corrected chi connectivity index (χ4v) is 5.88. The van der Waals surface area contributed by atoms with Crippen molar-refractivity contribution in [2.75, 3.05) is 5.75 Å². The minimum absolute atomic E-state index is 0.0655. The Hall–Kier alpha value is -5.80. The van der Waals surface area contributed by atoms with E-state index in [-0.39, 0.29) is 34.8 Å². The van der Waals surface area contributed by atoms with Crippen LogP contribution in [0.5, 0.6) is 5.75 Å². The van der Waals surface area contributed by atoms with Gasteiger partial charge in [0, 0.05) is 11.3 Å². The van der Waals surface area contributed by atoms with E-state index in [1.165, 1.54) is 23.1 Å². The summed E-state index contributed by atoms with van der Waals surface area (Å²) in [6.45, 7) is 5.55. The zero-order valence-electron chi connectivity index (χ0n) is 26.8. The van der Waals surface area contributed by atoms with Crippen molar-refractivity contribution < 1.29 is 23.5 Å². The van der Waals surface area contributed by atoms with E-state index in [0.717, 1.165) is 22.9 Å². The Labute approximate surface area is 289 Å². The van der Waals surface area contributed by atoms with Gasteiger partial charge in [-0.15, -0.1) is 0 Å². The quantitative estimate of drug-likeness (QED) is 0.0944. The maximum absolute atomic E-state index is 14.1. The van der Waals surface area contributed by atoms with Crippen molar-refractivity contribution in [2.24, 2.45) is 4.99 Å². The molecule has 1 aliphatic rings. The number of para-hydroxylation sites is 1. The van der Waals surface area contributed by atoms with Crippen LogP contribution in [0.4, 0.5) is 4.39 Å². The number of rotatable bonds is 12. The second-order valence-electron chi connectivity index (χ2n) is 10.8. The monoisotopic (exact) mass is 671 g/mol. The molecule has 7 nitrogen and oxygen atoms in total. The van der Waals surface area contributed by atoms with Crippen LogP contribution in [-0.4, -0.2) is 33.5 Å². The first-order chi connectivity index (χ1) is 23.9. The molecule has 49 heavy (non-hydrogen) atoms. The molecule has 1 aliphatic heterocycles. The van der Waals surface area contributed by atoms with Crippen LogP contribution in [0.25, 0.3) is 6.08 Å². The molecule has 0 atom stereocenters. The SMILES string of the molecule is C=C/C=C\C(=C/C)N1C(=O)/C(=C/c2ccccc2OCc2cccc(F)c2)C(=O)N=C1SCC(=O)NC(c1ccccc1)c1ccccc1. The lowest BCUT2D eigenvalue weighted by atomic mass is 9.99. The predicted molar refractivity (Wildman–Crippen MR) is 193 cm³/mol. The van der Waals surface area contributed by atoms with E-state index in [1.807, 2.05) is 60.7 Å². The standard InChI is InChI=1S/C40H34FN3O4S/c1-3-5-22-33(4-2)44-39(47)34(25-31-20-12-13-23-35(31)48-26-28-15-14-21-32(41)24-28)38(46)43-40(44)49-27-36(45)42-37(29-16-8-6-9-17-29)30-18-10-7-11-19-30/h3-25,37H,1,26-27H2,2H3,(H,42,45)/b22-5-,33-4+,34-25+. The minimum atomic E-state index is -0.751. The number of thioether (sulfide) groups is 1. The third-order valence-corrected chi connectivity index (χ3v) is 8.35. The second-order valence-corrected chi connectivity index (χ2v) is 11.7. The summed E-state index contributed by atoms with van der Waals surface area (Å²) in [4.78, 5) is 46.5. The van der Waals surface area contributed by atoms with Gasteiger partial charge in [0.1, 0.15) is 23.7 Å². The number of carbonyl (C=O) groups excluding carboxylic acids is 3. The summed E-state index contributed by atoms with van der Waals surface area (Å²) >= 11 is 0.988. The number of nitrogens with zero attached hydrogens (tertiary/aromatic N) is 2. The van der Waals surface area contributed by atoms with Crippen LogP contribution in [0, 0.1) is 5.82 Å². The average molecular weight is 672 g/mol. The van der Waals surface area contributed by atoms with E-state index < -0.39 is 17.9 Å². The molecule has 5 rings (SSSR count). The van der Waals surface area contributed by atoms with Gasteiger partial charge in [-0.05, 0) is 54.0 Å². The highest BCUT2D eigenvalue weighted by Gasteiger charge is 2.35. The highest BCUT2D eigenvalue weighted by Crippen LogP contribution is 2.29. The van der Waals surface area contributed by atoms with Crippen LogP contribution in [0.15, 0.2) is 156 Å². The van der Waals surface area contributed by atoms with Crippen LogP contribution < -0.4 is 10.1 Å². The maximum atomic E-state index is 14.1. The average Bonchev–Trinajstić information content (AvgIpc) is 3.12. The first-order valence-electron chi connectivity index (χ1n) is 15.5. The Kier molecular flexibility index (Phi) is 11.9. The molecular formula is C40H34FN3O4S. The number of hydrogen-bond donors (Lipinski definition) is 1. The Morgan fingerprint density at radius 3 is 2.29 bits per heavy atom. The van der Waals surface area contributed by atoms with Crippen molar-refractivity contribution in [3.8, 4) is 5.75 Å². The fourth-order valence-electron chi connectivity index (χ4n) is 5.07. The van der Waals surface area contributed by atoms with Crippen molar-refractivity contribution in [3.63, 3.8) is 0 Å². The Morgan fingerprint density at radius 1 is 0.959 bits per heavy atom. The second kappa shape index (κ2) is 16.9. The molecule has 0 radical (unpaired) electrons. The zero-order valence-corrected chi connectivity index (χ0v) is 27.6. The lowest BCUT2D eigenvalue weighted by Crippen LogP contribution is -2.42. The molecule has 0 saturated carbocycles. The first kappa shape index (κ1) is 34.5. The van der Waals surface area contributed by atoms with E-state index >= 15 is 0 Å². The van der Waals surface area contributed by atoms with Crippen molar-refractivity contribution in [1.82, 2.24) is 10.2 Å². The largest absolute Gasteiger partial charge is 0.488 e. The lowest BCUT2D eigenvalue weighted by molar-refractivity contribution is -0.126. The number of amidine groups is 1. The van der Waals surface area contributed by atoms with Crippen LogP contribution in [-0.2, 0) is 21.0 Å². The fraction of sp³-hybridized carbons (Fsp3) is 0.100. The highest BCUT2D eigenvalue weighted by atomic mass is 32.2. The van der Waals surface area contributed by atoms with Gasteiger partial charge in [-0.3, -0.25) is 19.3 Å². The molecule has 246 valence electrons. The molecular weight excluding hydrogens is 638 g/mol. The molecule has 0 aliphatic carbocycles. The number of ether oxygens (including phenoxy) is 1. The van der Waals surface area contributed by atoms with Gasteiger partial charge >= 0.3 is 0 Å². The summed E-state index contributed by atoms with van der Waals surface area (Å²) in [6, 6.07) is 31.8. The Morgan fingerprint density at radius 2 is 1.63 bits per heavy atom. The molecule has 4 aromatic rings. The van der Waals surface area contributed by atoms with Gasteiger partial charge in [0.2, 0.25) is 5.91 Å². The third-order valence-electron chi connectivity index (χ3n) is 7.42. The van der Waals surface area contributed by atoms with Crippen LogP contribution in [0.3, 0.4) is 0 Å². The molecule has 3 amide bonds. The molecule has 1 N–H and O–H groups in total. The van der Waals surface area contributed by atoms with Gasteiger partial charge in [0.15, 0.2) is 5.17 Å². The first-order valence-corrected chi connectivity index (χ1v) is 16.5. The van der Waals surface area contributed by atoms with Gasteiger partial charge in [-0.25, -0.2) is 4.39 Å². The number of nitrogens with one attached hydrogen (secondary N) is 1. The summed E-state index contributed by atoms with van der Waals surface area (Å²) in [7, 11) is 0. The molecule has 0 fully saturated rings. The molecule has 0 bridgehead atoms. The molecule has 0 aromatic heterocycles. The highest BCUT2D eigenvalue weighted by molar-refractivity contribution is 8.14. The van der Waals surface area contributed by atoms with Crippen molar-refractivity contribution in [3.05, 3.63) is 179 Å². The molecule has 0 unspecified atom stereocenters. The zero-order chi connectivity index (χ0) is 34.6. The van der Waals surface area contributed by atoms with Gasteiger partial charge in [-0.2, -0.15) is 4.99 Å². The van der Waals surface area contributed by atoms with E-state index in [4.69, 9.17) is 4.74 Å². The van der Waals surface area contributed by atoms with Crippen LogP contribution in [0.2, 0.25) is 0 Å². The number of carbonyl (C=O) groups is 3. The van der Waals surface area contributed by atoms with E-state index in [2.05, 4.69) is 16.9 Å². The van der Waals surface area contributed by atoms with Crippen LogP contribution >= 0.6 is 11.8 Å². The minimum Gasteiger partial charge on any atom is -0.488 e. The van der Waals surface area contributed by atoms with Crippen molar-refractivity contribution in [2.45, 2.75) is 19.6 Å². The molecule has 0 saturated heterocycles. The normalized spacial score (nSPS) is 14.3. The molecule has 4 aromatic carbocycles. The number of hydrogen-bond acceptors (Lipinski definition) is 5. The van der Waals surface area contributed by atoms with Gasteiger partial charge in [0.05, 0.1) is 11.8 Å². The van der Waals surface area contributed by atoms with Crippen LogP contribution in [0.1, 0.15) is 35.2 Å². The van der Waals surface area contributed by atoms with E-state index in [9.17, 15) is 18.8 Å². The van der Waals surface area contributed by atoms with Gasteiger partial charge in [0.25, 0.3) is 11.8 Å². The summed E-state index contributed by atoms with van der Waals surface area (Å²) < 4.78 is 19.7. The Bertz CT molecular complexity index is 1920. The smallest absolute Gasteiger partial charge is 0.285 e. The van der Waals surface area contributed by atoms with Crippen molar-refractivity contribution in [1.29, 1.82) is 0 Å². The summed E-state index contributed by atoms with van der Waals surface area (Å²) in [5.74, 6) is -1.76. The summed E-state index contributed by atoms with van der Waals surface area (Å²) in [6.07, 6.45) is 8.04. The lowest BCUT2D eigenvalue weighted by Gasteiger charge is -2.28. The van der Waals surface area contributed by atoms with Gasteiger partial charge < -0.3 is 10.1 Å². The number of benzene rings is 4. The Balaban J connectivity index is 1.40. The van der Waals surface area contributed by atoms with Gasteiger partial charge in [-0.1, -0.05) is 128 Å². The number of aliphatic imine (C=N–C) groups is 1. The summed E-state index contributed by atoms with van der Waals surface area (Å²) in [5, 5.41) is 3.15. The maximum Gasteiger partial charge on any atom is 0.285 e. The third kappa shape index (κ3) is 8.97. The number of amides is 3. The van der Waals surface area contributed by atoms with E-state index in [1.54, 1.807) is 67.6 Å². The molecule has 0 spiro atoms. The molecule has 9 heteroatoms. The van der Waals surface area contributed by atoms with Crippen molar-refractivity contribution >= 4 is 40.7 Å². The predicted octanol–water partition coefficient (Wildman–Crippen LogP) is 7.80. The summed E-state index contributed by atoms with van der Waals surface area (Å²) in [5.41, 5.74) is 3.17. The number of allylic oxidation sites excluding steroid dienone is 4. The number of halogens is 1. The topological polar surface area (TPSA) is 88.1 Å². The molecule has 1 heterocycles.